The van der Waals surface area contributed by atoms with Crippen LogP contribution in [0.4, 0.5) is 10.1 Å². The first-order valence-electron chi connectivity index (χ1n) is 9.72. The van der Waals surface area contributed by atoms with Gasteiger partial charge in [0.25, 0.3) is 0 Å². The van der Waals surface area contributed by atoms with Crippen LogP contribution in [0.3, 0.4) is 0 Å². The minimum absolute atomic E-state index is 0.0502. The molecule has 3 N–H and O–H groups in total. The van der Waals surface area contributed by atoms with Crippen molar-refractivity contribution in [2.75, 3.05) is 11.9 Å². The molecule has 0 heterocycles. The zero-order chi connectivity index (χ0) is 20.9. The van der Waals surface area contributed by atoms with Gasteiger partial charge in [-0.2, -0.15) is 0 Å². The van der Waals surface area contributed by atoms with E-state index in [1.165, 1.54) is 36.8 Å². The molecular weight excluding hydrogens is 393 g/mol. The number of primary sulfonamides is 1. The summed E-state index contributed by atoms with van der Waals surface area (Å²) in [4.78, 5) is 14.7. The fourth-order valence-electron chi connectivity index (χ4n) is 3.72. The number of carbonyl (C=O) groups is 1. The average Bonchev–Trinajstić information content (AvgIpc) is 2.69. The molecule has 0 saturated heterocycles. The zero-order valence-corrected chi connectivity index (χ0v) is 17.0. The average molecular weight is 420 g/mol. The summed E-state index contributed by atoms with van der Waals surface area (Å²) in [6, 6.07) is 12.5. The molecule has 1 fully saturated rings. The van der Waals surface area contributed by atoms with E-state index >= 15 is 0 Å². The van der Waals surface area contributed by atoms with Gasteiger partial charge in [-0.25, -0.2) is 17.9 Å². The lowest BCUT2D eigenvalue weighted by Crippen LogP contribution is -2.41. The molecule has 6 nitrogen and oxygen atoms in total. The van der Waals surface area contributed by atoms with Gasteiger partial charge in [-0.3, -0.25) is 9.69 Å². The molecule has 1 aliphatic rings. The Bertz CT molecular complexity index is 942. The van der Waals surface area contributed by atoms with Crippen molar-refractivity contribution in [1.29, 1.82) is 0 Å². The Morgan fingerprint density at radius 3 is 2.45 bits per heavy atom. The van der Waals surface area contributed by atoms with E-state index < -0.39 is 10.0 Å². The molecule has 2 aromatic carbocycles. The molecule has 0 atom stereocenters. The molecule has 0 unspecified atom stereocenters. The van der Waals surface area contributed by atoms with Crippen LogP contribution < -0.4 is 10.5 Å². The van der Waals surface area contributed by atoms with Crippen LogP contribution in [0, 0.1) is 5.82 Å². The Kier molecular flexibility index (Phi) is 7.00. The number of nitrogens with one attached hydrogen (secondary N) is 1. The lowest BCUT2D eigenvalue weighted by molar-refractivity contribution is -0.118. The minimum Gasteiger partial charge on any atom is -0.325 e. The van der Waals surface area contributed by atoms with Crippen LogP contribution in [-0.2, 0) is 21.4 Å². The summed E-state index contributed by atoms with van der Waals surface area (Å²) in [7, 11) is -3.84. The van der Waals surface area contributed by atoms with Gasteiger partial charge in [0, 0.05) is 18.3 Å². The van der Waals surface area contributed by atoms with Crippen molar-refractivity contribution in [3.8, 4) is 0 Å². The molecule has 1 aliphatic carbocycles. The maximum absolute atomic E-state index is 13.2. The van der Waals surface area contributed by atoms with Gasteiger partial charge in [-0.1, -0.05) is 37.5 Å². The summed E-state index contributed by atoms with van der Waals surface area (Å²) >= 11 is 0. The molecule has 0 radical (unpaired) electrons. The quantitative estimate of drug-likeness (QED) is 0.721. The zero-order valence-electron chi connectivity index (χ0n) is 16.2. The number of hydrogen-bond donors (Lipinski definition) is 2. The van der Waals surface area contributed by atoms with Gasteiger partial charge in [0.1, 0.15) is 5.82 Å². The fourth-order valence-corrected chi connectivity index (χ4v) is 4.28. The van der Waals surface area contributed by atoms with Crippen LogP contribution in [0.15, 0.2) is 53.4 Å². The number of nitrogens with zero attached hydrogens (tertiary/aromatic N) is 1. The Morgan fingerprint density at radius 2 is 1.79 bits per heavy atom. The first kappa shape index (κ1) is 21.4. The molecule has 0 aliphatic heterocycles. The first-order valence-corrected chi connectivity index (χ1v) is 11.3. The lowest BCUT2D eigenvalue weighted by atomic mass is 9.93. The maximum Gasteiger partial charge on any atom is 0.238 e. The molecule has 0 spiro atoms. The smallest absolute Gasteiger partial charge is 0.238 e. The standard InChI is InChI=1S/C21H26FN3O3S/c22-17-11-9-16(10-12-17)14-25(19-6-2-1-3-7-19)15-21(26)24-18-5-4-8-20(13-18)29(23,27)28/h4-5,8-13,19H,1-3,6-7,14-15H2,(H,24,26)(H2,23,27,28). The normalized spacial score (nSPS) is 15.4. The third-order valence-corrected chi connectivity index (χ3v) is 6.09. The Labute approximate surface area is 171 Å². The fraction of sp³-hybridized carbons (Fsp3) is 0.381. The van der Waals surface area contributed by atoms with E-state index in [2.05, 4.69) is 10.2 Å². The second kappa shape index (κ2) is 9.47. The van der Waals surface area contributed by atoms with Gasteiger partial charge < -0.3 is 5.32 Å². The molecule has 2 aromatic rings. The van der Waals surface area contributed by atoms with E-state index in [9.17, 15) is 17.6 Å². The van der Waals surface area contributed by atoms with Gasteiger partial charge in [0.2, 0.25) is 15.9 Å². The molecule has 0 bridgehead atoms. The van der Waals surface area contributed by atoms with Gasteiger partial charge in [0.05, 0.1) is 11.4 Å². The first-order chi connectivity index (χ1) is 13.8. The van der Waals surface area contributed by atoms with Crippen LogP contribution in [-0.4, -0.2) is 31.8 Å². The highest BCUT2D eigenvalue weighted by Crippen LogP contribution is 2.24. The highest BCUT2D eigenvalue weighted by Gasteiger charge is 2.23. The highest BCUT2D eigenvalue weighted by molar-refractivity contribution is 7.89. The molecule has 156 valence electrons. The highest BCUT2D eigenvalue weighted by atomic mass is 32.2. The SMILES string of the molecule is NS(=O)(=O)c1cccc(NC(=O)CN(Cc2ccc(F)cc2)C2CCCCC2)c1. The van der Waals surface area contributed by atoms with Crippen LogP contribution in [0.1, 0.15) is 37.7 Å². The second-order valence-corrected chi connectivity index (χ2v) is 9.01. The summed E-state index contributed by atoms with van der Waals surface area (Å²) in [5.41, 5.74) is 1.33. The van der Waals surface area contributed by atoms with E-state index in [0.29, 0.717) is 12.2 Å². The summed E-state index contributed by atoms with van der Waals surface area (Å²) in [6.45, 7) is 0.719. The number of carbonyl (C=O) groups excluding carboxylic acids is 1. The third kappa shape index (κ3) is 6.35. The summed E-state index contributed by atoms with van der Waals surface area (Å²) < 4.78 is 36.2. The van der Waals surface area contributed by atoms with E-state index in [-0.39, 0.29) is 29.2 Å². The molecule has 29 heavy (non-hydrogen) atoms. The largest absolute Gasteiger partial charge is 0.325 e. The molecule has 0 aromatic heterocycles. The van der Waals surface area contributed by atoms with Crippen LogP contribution in [0.25, 0.3) is 0 Å². The Hall–Kier alpha value is -2.29. The van der Waals surface area contributed by atoms with E-state index in [4.69, 9.17) is 5.14 Å². The topological polar surface area (TPSA) is 92.5 Å². The minimum atomic E-state index is -3.84. The number of benzene rings is 2. The van der Waals surface area contributed by atoms with Crippen molar-refractivity contribution in [2.24, 2.45) is 5.14 Å². The van der Waals surface area contributed by atoms with Gasteiger partial charge >= 0.3 is 0 Å². The van der Waals surface area contributed by atoms with Gasteiger partial charge in [-0.15, -0.1) is 0 Å². The molecule has 1 saturated carbocycles. The third-order valence-electron chi connectivity index (χ3n) is 5.18. The van der Waals surface area contributed by atoms with Gasteiger partial charge in [0.15, 0.2) is 0 Å². The van der Waals surface area contributed by atoms with Crippen LogP contribution in [0.5, 0.6) is 0 Å². The summed E-state index contributed by atoms with van der Waals surface area (Å²) in [5, 5.41) is 7.91. The van der Waals surface area contributed by atoms with Crippen molar-refractivity contribution in [3.63, 3.8) is 0 Å². The van der Waals surface area contributed by atoms with E-state index in [0.717, 1.165) is 31.2 Å². The molecule has 3 rings (SSSR count). The predicted molar refractivity (Wildman–Crippen MR) is 110 cm³/mol. The van der Waals surface area contributed by atoms with Crippen molar-refractivity contribution >= 4 is 21.6 Å². The van der Waals surface area contributed by atoms with Crippen molar-refractivity contribution < 1.29 is 17.6 Å². The van der Waals surface area contributed by atoms with Crippen molar-refractivity contribution in [2.45, 2.75) is 49.6 Å². The van der Waals surface area contributed by atoms with Crippen LogP contribution >= 0.6 is 0 Å². The van der Waals surface area contributed by atoms with Crippen molar-refractivity contribution in [3.05, 3.63) is 59.9 Å². The van der Waals surface area contributed by atoms with Gasteiger partial charge in [-0.05, 0) is 48.7 Å². The second-order valence-electron chi connectivity index (χ2n) is 7.44. The Morgan fingerprint density at radius 1 is 1.10 bits per heavy atom. The Balaban J connectivity index is 1.71. The number of nitrogens with two attached hydrogens (primary N) is 1. The monoisotopic (exact) mass is 419 g/mol. The number of halogens is 1. The number of rotatable bonds is 7. The number of hydrogen-bond acceptors (Lipinski definition) is 4. The molecule has 1 amide bonds. The number of amides is 1. The summed E-state index contributed by atoms with van der Waals surface area (Å²) in [6.07, 6.45) is 5.50. The summed E-state index contributed by atoms with van der Waals surface area (Å²) in [5.74, 6) is -0.519. The van der Waals surface area contributed by atoms with E-state index in [1.807, 2.05) is 0 Å². The number of sulfonamides is 1. The molecular formula is C21H26FN3O3S. The molecule has 8 heteroatoms. The van der Waals surface area contributed by atoms with Crippen LogP contribution in [0.2, 0.25) is 0 Å². The maximum atomic E-state index is 13.2. The van der Waals surface area contributed by atoms with Crippen molar-refractivity contribution in [1.82, 2.24) is 4.90 Å². The lowest BCUT2D eigenvalue weighted by Gasteiger charge is -2.34. The number of anilines is 1. The predicted octanol–water partition coefficient (Wildman–Crippen LogP) is 3.25. The van der Waals surface area contributed by atoms with E-state index in [1.54, 1.807) is 18.2 Å².